The van der Waals surface area contributed by atoms with E-state index in [1.807, 2.05) is 6.92 Å². The molecule has 3 N–H and O–H groups in total. The molecule has 0 amide bonds. The number of primary sulfonamides is 1. The van der Waals surface area contributed by atoms with E-state index < -0.39 is 10.0 Å². The number of methoxy groups -OCH3 is 2. The lowest BCUT2D eigenvalue weighted by Gasteiger charge is -2.21. The van der Waals surface area contributed by atoms with Gasteiger partial charge in [-0.05, 0) is 19.9 Å². The zero-order valence-corrected chi connectivity index (χ0v) is 10.2. The van der Waals surface area contributed by atoms with Gasteiger partial charge in [-0.2, -0.15) is 0 Å². The number of sulfonamides is 1. The normalized spacial score (nSPS) is 14.5. The first kappa shape index (κ1) is 14.8. The summed E-state index contributed by atoms with van der Waals surface area (Å²) >= 11 is 0. The van der Waals surface area contributed by atoms with Gasteiger partial charge in [0.1, 0.15) is 0 Å². The van der Waals surface area contributed by atoms with Crippen molar-refractivity contribution in [3.05, 3.63) is 0 Å². The van der Waals surface area contributed by atoms with Crippen molar-refractivity contribution in [1.82, 2.24) is 5.32 Å². The molecule has 0 fully saturated rings. The van der Waals surface area contributed by atoms with Crippen LogP contribution in [0.4, 0.5) is 0 Å². The van der Waals surface area contributed by atoms with E-state index in [1.165, 1.54) is 0 Å². The van der Waals surface area contributed by atoms with Gasteiger partial charge in [0.05, 0.1) is 11.8 Å². The second-order valence-corrected chi connectivity index (χ2v) is 5.04. The van der Waals surface area contributed by atoms with Gasteiger partial charge < -0.3 is 14.8 Å². The molecule has 92 valence electrons. The van der Waals surface area contributed by atoms with E-state index in [2.05, 4.69) is 5.32 Å². The van der Waals surface area contributed by atoms with Crippen LogP contribution in [0.2, 0.25) is 0 Å². The Morgan fingerprint density at radius 2 is 1.87 bits per heavy atom. The van der Waals surface area contributed by atoms with Crippen LogP contribution in [-0.2, 0) is 19.5 Å². The number of hydrogen-bond donors (Lipinski definition) is 2. The largest absolute Gasteiger partial charge is 0.354 e. The lowest BCUT2D eigenvalue weighted by atomic mass is 10.3. The van der Waals surface area contributed by atoms with Gasteiger partial charge in [0.2, 0.25) is 10.0 Å². The van der Waals surface area contributed by atoms with Crippen molar-refractivity contribution in [2.75, 3.05) is 26.5 Å². The second kappa shape index (κ2) is 7.13. The van der Waals surface area contributed by atoms with Crippen LogP contribution in [0.1, 0.15) is 13.3 Å². The fourth-order valence-corrected chi connectivity index (χ4v) is 1.75. The molecule has 1 atom stereocenters. The number of nitrogens with one attached hydrogen (secondary N) is 1. The average molecular weight is 240 g/mol. The molecule has 6 nitrogen and oxygen atoms in total. The molecule has 0 spiro atoms. The van der Waals surface area contributed by atoms with Crippen molar-refractivity contribution in [3.63, 3.8) is 0 Å². The van der Waals surface area contributed by atoms with E-state index in [1.54, 1.807) is 14.2 Å². The summed E-state index contributed by atoms with van der Waals surface area (Å²) < 4.78 is 31.3. The predicted octanol–water partition coefficient (Wildman–Crippen LogP) is -0.738. The number of hydrogen-bond acceptors (Lipinski definition) is 5. The Hall–Kier alpha value is -0.210. The molecule has 7 heteroatoms. The summed E-state index contributed by atoms with van der Waals surface area (Å²) in [5.74, 6) is -0.0165. The minimum atomic E-state index is -3.36. The van der Waals surface area contributed by atoms with Crippen LogP contribution in [0.3, 0.4) is 0 Å². The third-order valence-electron chi connectivity index (χ3n) is 1.94. The molecule has 0 radical (unpaired) electrons. The van der Waals surface area contributed by atoms with E-state index in [0.29, 0.717) is 13.0 Å². The highest BCUT2D eigenvalue weighted by molar-refractivity contribution is 7.89. The minimum Gasteiger partial charge on any atom is -0.354 e. The van der Waals surface area contributed by atoms with Gasteiger partial charge in [0.25, 0.3) is 0 Å². The maximum Gasteiger partial charge on any atom is 0.209 e. The molecule has 0 saturated carbocycles. The van der Waals surface area contributed by atoms with E-state index in [9.17, 15) is 8.42 Å². The van der Waals surface area contributed by atoms with Crippen LogP contribution >= 0.6 is 0 Å². The summed E-state index contributed by atoms with van der Waals surface area (Å²) in [4.78, 5) is 0. The Balaban J connectivity index is 3.67. The number of rotatable bonds is 8. The van der Waals surface area contributed by atoms with Crippen molar-refractivity contribution in [2.24, 2.45) is 5.14 Å². The van der Waals surface area contributed by atoms with Gasteiger partial charge in [0.15, 0.2) is 6.29 Å². The van der Waals surface area contributed by atoms with Gasteiger partial charge in [-0.1, -0.05) is 0 Å². The lowest BCUT2D eigenvalue weighted by molar-refractivity contribution is -0.119. The zero-order valence-electron chi connectivity index (χ0n) is 9.39. The van der Waals surface area contributed by atoms with Gasteiger partial charge in [-0.15, -0.1) is 0 Å². The fraction of sp³-hybridized carbons (Fsp3) is 1.00. The van der Waals surface area contributed by atoms with Crippen LogP contribution in [0, 0.1) is 0 Å². The van der Waals surface area contributed by atoms with E-state index >= 15 is 0 Å². The Kier molecular flexibility index (Phi) is 7.03. The molecule has 0 heterocycles. The molecule has 0 aromatic rings. The molecular weight excluding hydrogens is 220 g/mol. The second-order valence-electron chi connectivity index (χ2n) is 3.30. The summed E-state index contributed by atoms with van der Waals surface area (Å²) in [6.45, 7) is 2.45. The van der Waals surface area contributed by atoms with Crippen LogP contribution in [0.25, 0.3) is 0 Å². The molecule has 0 aliphatic heterocycles. The van der Waals surface area contributed by atoms with E-state index in [0.717, 1.165) is 0 Å². The van der Waals surface area contributed by atoms with Crippen molar-refractivity contribution in [3.8, 4) is 0 Å². The SMILES string of the molecule is COC(OC)C(C)NCCCS(N)(=O)=O. The summed E-state index contributed by atoms with van der Waals surface area (Å²) in [5.41, 5.74) is 0. The van der Waals surface area contributed by atoms with Crippen LogP contribution < -0.4 is 10.5 Å². The third kappa shape index (κ3) is 7.69. The zero-order chi connectivity index (χ0) is 11.9. The van der Waals surface area contributed by atoms with Gasteiger partial charge in [-0.25, -0.2) is 13.6 Å². The highest BCUT2D eigenvalue weighted by Gasteiger charge is 2.14. The first-order valence-electron chi connectivity index (χ1n) is 4.70. The number of ether oxygens (including phenoxy) is 2. The van der Waals surface area contributed by atoms with E-state index in [4.69, 9.17) is 14.6 Å². The molecular formula is C8H20N2O4S. The van der Waals surface area contributed by atoms with Crippen molar-refractivity contribution in [2.45, 2.75) is 25.7 Å². The maximum atomic E-state index is 10.6. The molecule has 15 heavy (non-hydrogen) atoms. The fourth-order valence-electron chi connectivity index (χ4n) is 1.20. The summed E-state index contributed by atoms with van der Waals surface area (Å²) in [7, 11) is -0.251. The third-order valence-corrected chi connectivity index (χ3v) is 2.80. The topological polar surface area (TPSA) is 90.7 Å². The Labute approximate surface area is 91.2 Å². The monoisotopic (exact) mass is 240 g/mol. The summed E-state index contributed by atoms with van der Waals surface area (Å²) in [6.07, 6.45) is 0.142. The Bertz CT molecular complexity index is 251. The molecule has 0 aromatic heterocycles. The van der Waals surface area contributed by atoms with Crippen molar-refractivity contribution in [1.29, 1.82) is 0 Å². The standard InChI is InChI=1S/C8H20N2O4S/c1-7(8(13-2)14-3)10-5-4-6-15(9,11)12/h7-8,10H,4-6H2,1-3H3,(H2,9,11,12). The predicted molar refractivity (Wildman–Crippen MR) is 57.9 cm³/mol. The van der Waals surface area contributed by atoms with Gasteiger partial charge in [-0.3, -0.25) is 0 Å². The molecule has 0 rings (SSSR count). The van der Waals surface area contributed by atoms with Crippen LogP contribution in [-0.4, -0.2) is 47.3 Å². The Morgan fingerprint density at radius 3 is 2.27 bits per heavy atom. The van der Waals surface area contributed by atoms with Gasteiger partial charge >= 0.3 is 0 Å². The number of nitrogens with two attached hydrogens (primary N) is 1. The smallest absolute Gasteiger partial charge is 0.209 e. The molecule has 1 unspecified atom stereocenters. The van der Waals surface area contributed by atoms with Crippen LogP contribution in [0.5, 0.6) is 0 Å². The molecule has 0 aromatic carbocycles. The summed E-state index contributed by atoms with van der Waals surface area (Å²) in [6, 6.07) is 0.000443. The summed E-state index contributed by atoms with van der Waals surface area (Å²) in [5, 5.41) is 7.95. The first-order valence-corrected chi connectivity index (χ1v) is 6.41. The van der Waals surface area contributed by atoms with Crippen molar-refractivity contribution >= 4 is 10.0 Å². The quantitative estimate of drug-likeness (QED) is 0.431. The maximum absolute atomic E-state index is 10.6. The molecule has 0 aliphatic carbocycles. The minimum absolute atomic E-state index is 0.000443. The highest BCUT2D eigenvalue weighted by atomic mass is 32.2. The van der Waals surface area contributed by atoms with Gasteiger partial charge in [0, 0.05) is 14.2 Å². The lowest BCUT2D eigenvalue weighted by Crippen LogP contribution is -2.40. The average Bonchev–Trinajstić information content (AvgIpc) is 2.13. The van der Waals surface area contributed by atoms with E-state index in [-0.39, 0.29) is 18.1 Å². The first-order chi connectivity index (χ1) is 6.90. The highest BCUT2D eigenvalue weighted by Crippen LogP contribution is 1.98. The van der Waals surface area contributed by atoms with Crippen LogP contribution in [0.15, 0.2) is 0 Å². The van der Waals surface area contributed by atoms with Crippen molar-refractivity contribution < 1.29 is 17.9 Å². The molecule has 0 saturated heterocycles. The molecule has 0 aliphatic rings. The molecule has 0 bridgehead atoms. The Morgan fingerprint density at radius 1 is 1.33 bits per heavy atom.